The maximum absolute atomic E-state index is 12.2. The minimum Gasteiger partial charge on any atom is -0.497 e. The highest BCUT2D eigenvalue weighted by Crippen LogP contribution is 2.18. The first kappa shape index (κ1) is 15.3. The molecule has 0 aliphatic rings. The summed E-state index contributed by atoms with van der Waals surface area (Å²) >= 11 is 1.32. The fourth-order valence-corrected chi connectivity index (χ4v) is 2.72. The second-order valence-corrected chi connectivity index (χ2v) is 5.69. The summed E-state index contributed by atoms with van der Waals surface area (Å²) in [7, 11) is 1.58. The number of hydrogen-bond donors (Lipinski definition) is 0. The molecule has 5 nitrogen and oxygen atoms in total. The molecule has 1 aromatic heterocycles. The van der Waals surface area contributed by atoms with E-state index in [1.165, 1.54) is 11.8 Å². The van der Waals surface area contributed by atoms with E-state index in [0.717, 1.165) is 5.69 Å². The van der Waals surface area contributed by atoms with Crippen LogP contribution in [-0.2, 0) is 0 Å². The van der Waals surface area contributed by atoms with E-state index in [-0.39, 0.29) is 11.5 Å². The fourth-order valence-electron chi connectivity index (χ4n) is 2.03. The van der Waals surface area contributed by atoms with Crippen molar-refractivity contribution >= 4 is 17.5 Å². The van der Waals surface area contributed by atoms with Crippen molar-refractivity contribution in [1.82, 2.24) is 14.8 Å². The Labute approximate surface area is 138 Å². The predicted molar refractivity (Wildman–Crippen MR) is 89.4 cm³/mol. The predicted octanol–water partition coefficient (Wildman–Crippen LogP) is 3.25. The maximum atomic E-state index is 12.2. The Morgan fingerprint density at radius 2 is 2.00 bits per heavy atom. The third-order valence-electron chi connectivity index (χ3n) is 3.22. The molecule has 2 aromatic carbocycles. The van der Waals surface area contributed by atoms with E-state index in [4.69, 9.17) is 4.74 Å². The minimum atomic E-state index is 0.0185. The van der Waals surface area contributed by atoms with Crippen LogP contribution in [0.15, 0.2) is 66.1 Å². The number of aromatic nitrogens is 3. The molecule has 0 radical (unpaired) electrons. The Balaban J connectivity index is 1.64. The van der Waals surface area contributed by atoms with Gasteiger partial charge in [-0.25, -0.2) is 9.67 Å². The SMILES string of the molecule is COc1cccc(C(=O)CSc2ncn(-c3ccccc3)n2)c1. The van der Waals surface area contributed by atoms with Crippen LogP contribution in [0.3, 0.4) is 0 Å². The van der Waals surface area contributed by atoms with Gasteiger partial charge in [0.25, 0.3) is 0 Å². The Hall–Kier alpha value is -2.60. The number of Topliss-reactive ketones (excluding diaryl/α,β-unsaturated/α-hetero) is 1. The first-order chi connectivity index (χ1) is 11.3. The third-order valence-corrected chi connectivity index (χ3v) is 4.07. The van der Waals surface area contributed by atoms with Crippen molar-refractivity contribution in [3.05, 3.63) is 66.5 Å². The molecule has 6 heteroatoms. The van der Waals surface area contributed by atoms with Crippen molar-refractivity contribution in [2.75, 3.05) is 12.9 Å². The summed E-state index contributed by atoms with van der Waals surface area (Å²) in [6, 6.07) is 16.9. The van der Waals surface area contributed by atoms with Gasteiger partial charge in [0.05, 0.1) is 18.6 Å². The number of hydrogen-bond acceptors (Lipinski definition) is 5. The first-order valence-electron chi connectivity index (χ1n) is 7.03. The Bertz CT molecular complexity index is 802. The van der Waals surface area contributed by atoms with Gasteiger partial charge in [0.1, 0.15) is 12.1 Å². The molecule has 0 saturated heterocycles. The Morgan fingerprint density at radius 1 is 1.17 bits per heavy atom. The highest BCUT2D eigenvalue weighted by Gasteiger charge is 2.10. The summed E-state index contributed by atoms with van der Waals surface area (Å²) in [5, 5.41) is 4.95. The first-order valence-corrected chi connectivity index (χ1v) is 8.02. The molecule has 0 unspecified atom stereocenters. The molecule has 23 heavy (non-hydrogen) atoms. The van der Waals surface area contributed by atoms with Crippen LogP contribution in [0.25, 0.3) is 5.69 Å². The van der Waals surface area contributed by atoms with Crippen molar-refractivity contribution in [2.45, 2.75) is 5.16 Å². The van der Waals surface area contributed by atoms with Crippen LogP contribution >= 0.6 is 11.8 Å². The molecule has 0 N–H and O–H groups in total. The van der Waals surface area contributed by atoms with Gasteiger partial charge in [0, 0.05) is 5.56 Å². The van der Waals surface area contributed by atoms with Gasteiger partial charge in [-0.05, 0) is 24.3 Å². The number of benzene rings is 2. The highest BCUT2D eigenvalue weighted by atomic mass is 32.2. The number of ether oxygens (including phenoxy) is 1. The molecule has 0 bridgehead atoms. The molecule has 0 fully saturated rings. The number of carbonyl (C=O) groups is 1. The number of para-hydroxylation sites is 1. The zero-order chi connectivity index (χ0) is 16.1. The van der Waals surface area contributed by atoms with Crippen molar-refractivity contribution in [3.8, 4) is 11.4 Å². The van der Waals surface area contributed by atoms with Crippen LogP contribution in [0.4, 0.5) is 0 Å². The number of thioether (sulfide) groups is 1. The molecule has 0 spiro atoms. The summed E-state index contributed by atoms with van der Waals surface area (Å²) in [5.41, 5.74) is 1.56. The van der Waals surface area contributed by atoms with Gasteiger partial charge in [0.2, 0.25) is 5.16 Å². The van der Waals surface area contributed by atoms with Gasteiger partial charge in [-0.1, -0.05) is 42.1 Å². The lowest BCUT2D eigenvalue weighted by Crippen LogP contribution is -2.03. The molecule has 3 rings (SSSR count). The number of ketones is 1. The zero-order valence-corrected chi connectivity index (χ0v) is 13.4. The number of methoxy groups -OCH3 is 1. The Kier molecular flexibility index (Phi) is 4.73. The molecule has 0 amide bonds. The minimum absolute atomic E-state index is 0.0185. The van der Waals surface area contributed by atoms with Crippen LogP contribution in [-0.4, -0.2) is 33.4 Å². The summed E-state index contributed by atoms with van der Waals surface area (Å²) in [6.45, 7) is 0. The van der Waals surface area contributed by atoms with E-state index in [9.17, 15) is 4.79 Å². The van der Waals surface area contributed by atoms with Gasteiger partial charge in [0.15, 0.2) is 5.78 Å². The van der Waals surface area contributed by atoms with Crippen molar-refractivity contribution < 1.29 is 9.53 Å². The van der Waals surface area contributed by atoms with E-state index in [1.54, 1.807) is 36.3 Å². The number of carbonyl (C=O) groups excluding carboxylic acids is 1. The van der Waals surface area contributed by atoms with Crippen LogP contribution in [0.5, 0.6) is 5.75 Å². The van der Waals surface area contributed by atoms with Gasteiger partial charge >= 0.3 is 0 Å². The van der Waals surface area contributed by atoms with Crippen molar-refractivity contribution in [2.24, 2.45) is 0 Å². The average molecular weight is 325 g/mol. The summed E-state index contributed by atoms with van der Waals surface area (Å²) in [4.78, 5) is 16.5. The van der Waals surface area contributed by atoms with E-state index in [1.807, 2.05) is 36.4 Å². The lowest BCUT2D eigenvalue weighted by molar-refractivity contribution is 0.102. The molecule has 0 aliphatic heterocycles. The third kappa shape index (κ3) is 3.78. The largest absolute Gasteiger partial charge is 0.497 e. The van der Waals surface area contributed by atoms with Gasteiger partial charge in [-0.15, -0.1) is 5.10 Å². The lowest BCUT2D eigenvalue weighted by atomic mass is 10.1. The van der Waals surface area contributed by atoms with Gasteiger partial charge in [-0.3, -0.25) is 4.79 Å². The topological polar surface area (TPSA) is 57.0 Å². The summed E-state index contributed by atoms with van der Waals surface area (Å²) in [6.07, 6.45) is 1.65. The normalized spacial score (nSPS) is 10.5. The van der Waals surface area contributed by atoms with E-state index in [0.29, 0.717) is 16.5 Å². The Morgan fingerprint density at radius 3 is 2.78 bits per heavy atom. The zero-order valence-electron chi connectivity index (χ0n) is 12.5. The maximum Gasteiger partial charge on any atom is 0.209 e. The second-order valence-electron chi connectivity index (χ2n) is 4.75. The standard InChI is InChI=1S/C17H15N3O2S/c1-22-15-9-5-6-13(10-15)16(21)11-23-17-18-12-20(19-17)14-7-3-2-4-8-14/h2-10,12H,11H2,1H3. The van der Waals surface area contributed by atoms with E-state index >= 15 is 0 Å². The van der Waals surface area contributed by atoms with Crippen molar-refractivity contribution in [3.63, 3.8) is 0 Å². The fraction of sp³-hybridized carbons (Fsp3) is 0.118. The van der Waals surface area contributed by atoms with Gasteiger partial charge < -0.3 is 4.74 Å². The van der Waals surface area contributed by atoms with Crippen LogP contribution in [0, 0.1) is 0 Å². The summed E-state index contributed by atoms with van der Waals surface area (Å²) in [5.74, 6) is 0.976. The van der Waals surface area contributed by atoms with Crippen molar-refractivity contribution in [1.29, 1.82) is 0 Å². The molecular formula is C17H15N3O2S. The number of nitrogens with zero attached hydrogens (tertiary/aromatic N) is 3. The van der Waals surface area contributed by atoms with Crippen LogP contribution < -0.4 is 4.74 Å². The molecule has 116 valence electrons. The quantitative estimate of drug-likeness (QED) is 0.514. The average Bonchev–Trinajstić information content (AvgIpc) is 3.09. The van der Waals surface area contributed by atoms with E-state index < -0.39 is 0 Å². The molecule has 0 saturated carbocycles. The summed E-state index contributed by atoms with van der Waals surface area (Å²) < 4.78 is 6.83. The monoisotopic (exact) mass is 325 g/mol. The molecule has 3 aromatic rings. The van der Waals surface area contributed by atoms with Gasteiger partial charge in [-0.2, -0.15) is 0 Å². The number of rotatable bonds is 6. The van der Waals surface area contributed by atoms with E-state index in [2.05, 4.69) is 10.1 Å². The molecule has 1 heterocycles. The van der Waals surface area contributed by atoms with Crippen LogP contribution in [0.2, 0.25) is 0 Å². The lowest BCUT2D eigenvalue weighted by Gasteiger charge is -2.02. The highest BCUT2D eigenvalue weighted by molar-refractivity contribution is 7.99. The molecular weight excluding hydrogens is 310 g/mol. The molecule has 0 aliphatic carbocycles. The molecule has 0 atom stereocenters. The smallest absolute Gasteiger partial charge is 0.209 e. The van der Waals surface area contributed by atoms with Crippen LogP contribution in [0.1, 0.15) is 10.4 Å². The second kappa shape index (κ2) is 7.11.